The SMILES string of the molecule is COc1cc(-c2nn(C3CCNCC3)c3ncnc(N)c23)ccc1NC(=O)c1oc2ccccc2c1C. The molecule has 6 rings (SSSR count). The van der Waals surface area contributed by atoms with Gasteiger partial charge in [0.2, 0.25) is 0 Å². The van der Waals surface area contributed by atoms with Crippen LogP contribution in [0, 0.1) is 6.92 Å². The predicted molar refractivity (Wildman–Crippen MR) is 142 cm³/mol. The van der Waals surface area contributed by atoms with E-state index in [1.54, 1.807) is 13.2 Å². The zero-order valence-electron chi connectivity index (χ0n) is 20.6. The van der Waals surface area contributed by atoms with Crippen molar-refractivity contribution in [2.75, 3.05) is 31.2 Å². The summed E-state index contributed by atoms with van der Waals surface area (Å²) in [4.78, 5) is 21.8. The van der Waals surface area contributed by atoms with Gasteiger partial charge in [0, 0.05) is 16.5 Å². The number of carbonyl (C=O) groups is 1. The lowest BCUT2D eigenvalue weighted by Gasteiger charge is -2.23. The first kappa shape index (κ1) is 23.0. The molecule has 1 fully saturated rings. The van der Waals surface area contributed by atoms with Gasteiger partial charge >= 0.3 is 0 Å². The number of benzene rings is 2. The number of nitrogens with one attached hydrogen (secondary N) is 2. The maximum absolute atomic E-state index is 13.1. The number of rotatable bonds is 5. The zero-order valence-corrected chi connectivity index (χ0v) is 20.6. The molecule has 0 saturated carbocycles. The van der Waals surface area contributed by atoms with E-state index >= 15 is 0 Å². The van der Waals surface area contributed by atoms with Crippen LogP contribution in [0.25, 0.3) is 33.3 Å². The van der Waals surface area contributed by atoms with E-state index in [9.17, 15) is 4.79 Å². The summed E-state index contributed by atoms with van der Waals surface area (Å²) < 4.78 is 13.4. The van der Waals surface area contributed by atoms with Crippen molar-refractivity contribution in [3.63, 3.8) is 0 Å². The van der Waals surface area contributed by atoms with Crippen LogP contribution >= 0.6 is 0 Å². The number of amides is 1. The molecule has 0 aliphatic carbocycles. The second-order valence-corrected chi connectivity index (χ2v) is 9.15. The van der Waals surface area contributed by atoms with Gasteiger partial charge in [-0.3, -0.25) is 4.79 Å². The van der Waals surface area contributed by atoms with Crippen molar-refractivity contribution in [2.45, 2.75) is 25.8 Å². The Morgan fingerprint density at radius 2 is 2.00 bits per heavy atom. The Labute approximate surface area is 212 Å². The first-order valence-electron chi connectivity index (χ1n) is 12.2. The maximum atomic E-state index is 13.1. The number of aryl methyl sites for hydroxylation is 1. The van der Waals surface area contributed by atoms with Crippen LogP contribution < -0.4 is 21.1 Å². The van der Waals surface area contributed by atoms with Gasteiger partial charge in [-0.15, -0.1) is 0 Å². The topological polar surface area (TPSA) is 133 Å². The Hall–Kier alpha value is -4.44. The van der Waals surface area contributed by atoms with Crippen LogP contribution in [-0.2, 0) is 0 Å². The minimum atomic E-state index is -0.349. The van der Waals surface area contributed by atoms with Crippen LogP contribution in [0.1, 0.15) is 35.0 Å². The molecule has 1 saturated heterocycles. The van der Waals surface area contributed by atoms with Gasteiger partial charge in [0.05, 0.1) is 24.2 Å². The Morgan fingerprint density at radius 1 is 1.19 bits per heavy atom. The molecule has 188 valence electrons. The fourth-order valence-electron chi connectivity index (χ4n) is 5.02. The molecule has 10 heteroatoms. The summed E-state index contributed by atoms with van der Waals surface area (Å²) >= 11 is 0. The van der Waals surface area contributed by atoms with E-state index in [-0.39, 0.29) is 17.7 Å². The molecular formula is C27H27N7O3. The number of ether oxygens (including phenoxy) is 1. The standard InChI is InChI=1S/C27H27N7O3/c1-15-18-5-3-4-6-20(18)37-24(15)27(35)32-19-8-7-16(13-21(19)36-2)23-22-25(28)30-14-31-26(22)34(33-23)17-9-11-29-12-10-17/h3-8,13-14,17,29H,9-12H2,1-2H3,(H,32,35)(H2,28,30,31). The van der Waals surface area contributed by atoms with Crippen molar-refractivity contribution >= 4 is 39.4 Å². The minimum Gasteiger partial charge on any atom is -0.495 e. The summed E-state index contributed by atoms with van der Waals surface area (Å²) in [5.74, 6) is 0.776. The number of piperidine rings is 1. The first-order valence-corrected chi connectivity index (χ1v) is 12.2. The average Bonchev–Trinajstić information content (AvgIpc) is 3.49. The van der Waals surface area contributed by atoms with Gasteiger partial charge in [0.15, 0.2) is 11.4 Å². The second kappa shape index (κ2) is 9.21. The lowest BCUT2D eigenvalue weighted by Crippen LogP contribution is -2.30. The van der Waals surface area contributed by atoms with E-state index in [4.69, 9.17) is 20.0 Å². The quantitative estimate of drug-likeness (QED) is 0.327. The van der Waals surface area contributed by atoms with E-state index in [0.29, 0.717) is 39.6 Å². The van der Waals surface area contributed by atoms with Crippen molar-refractivity contribution in [2.24, 2.45) is 0 Å². The normalized spacial score (nSPS) is 14.3. The molecule has 4 heterocycles. The van der Waals surface area contributed by atoms with Gasteiger partial charge in [-0.1, -0.05) is 24.3 Å². The summed E-state index contributed by atoms with van der Waals surface area (Å²) in [5, 5.41) is 12.9. The summed E-state index contributed by atoms with van der Waals surface area (Å²) in [6.45, 7) is 3.72. The monoisotopic (exact) mass is 497 g/mol. The highest BCUT2D eigenvalue weighted by molar-refractivity contribution is 6.07. The minimum absolute atomic E-state index is 0.222. The highest BCUT2D eigenvalue weighted by Crippen LogP contribution is 2.37. The van der Waals surface area contributed by atoms with E-state index in [1.165, 1.54) is 6.33 Å². The Morgan fingerprint density at radius 3 is 2.78 bits per heavy atom. The summed E-state index contributed by atoms with van der Waals surface area (Å²) in [6, 6.07) is 13.3. The fourth-order valence-corrected chi connectivity index (χ4v) is 5.02. The predicted octanol–water partition coefficient (Wildman–Crippen LogP) is 4.32. The first-order chi connectivity index (χ1) is 18.0. The van der Waals surface area contributed by atoms with Gasteiger partial charge < -0.3 is 25.5 Å². The van der Waals surface area contributed by atoms with E-state index in [2.05, 4.69) is 20.6 Å². The van der Waals surface area contributed by atoms with Crippen molar-refractivity contribution in [3.05, 3.63) is 60.1 Å². The molecule has 0 unspecified atom stereocenters. The number of para-hydroxylation sites is 1. The van der Waals surface area contributed by atoms with Crippen molar-refractivity contribution < 1.29 is 13.9 Å². The maximum Gasteiger partial charge on any atom is 0.291 e. The highest BCUT2D eigenvalue weighted by atomic mass is 16.5. The molecule has 37 heavy (non-hydrogen) atoms. The number of methoxy groups -OCH3 is 1. The smallest absolute Gasteiger partial charge is 0.291 e. The number of fused-ring (bicyclic) bond motifs is 2. The number of hydrogen-bond acceptors (Lipinski definition) is 8. The van der Waals surface area contributed by atoms with Crippen molar-refractivity contribution in [3.8, 4) is 17.0 Å². The second-order valence-electron chi connectivity index (χ2n) is 9.15. The van der Waals surface area contributed by atoms with Crippen LogP contribution in [-0.4, -0.2) is 45.9 Å². The molecule has 3 aromatic heterocycles. The average molecular weight is 498 g/mol. The van der Waals surface area contributed by atoms with Gasteiger partial charge in [0.1, 0.15) is 29.2 Å². The lowest BCUT2D eigenvalue weighted by atomic mass is 10.1. The van der Waals surface area contributed by atoms with Gasteiger partial charge in [-0.25, -0.2) is 14.6 Å². The summed E-state index contributed by atoms with van der Waals surface area (Å²) in [7, 11) is 1.56. The fraction of sp³-hybridized carbons (Fsp3) is 0.259. The molecule has 1 aliphatic heterocycles. The lowest BCUT2D eigenvalue weighted by molar-refractivity contribution is 0.0997. The molecule has 5 aromatic rings. The number of nitrogens with zero attached hydrogens (tertiary/aromatic N) is 4. The molecule has 1 amide bonds. The summed E-state index contributed by atoms with van der Waals surface area (Å²) in [5.41, 5.74) is 10.4. The number of nitrogens with two attached hydrogens (primary N) is 1. The molecule has 10 nitrogen and oxygen atoms in total. The number of aromatic nitrogens is 4. The van der Waals surface area contributed by atoms with Crippen LogP contribution in [0.5, 0.6) is 5.75 Å². The van der Waals surface area contributed by atoms with Crippen LogP contribution in [0.4, 0.5) is 11.5 Å². The third kappa shape index (κ3) is 3.95. The molecule has 4 N–H and O–H groups in total. The molecule has 0 atom stereocenters. The Bertz CT molecular complexity index is 1630. The molecule has 0 spiro atoms. The van der Waals surface area contributed by atoms with Crippen molar-refractivity contribution in [1.82, 2.24) is 25.1 Å². The van der Waals surface area contributed by atoms with E-state index in [1.807, 2.05) is 48.0 Å². The van der Waals surface area contributed by atoms with Gasteiger partial charge in [-0.05, 0) is 51.1 Å². The van der Waals surface area contributed by atoms with E-state index in [0.717, 1.165) is 42.4 Å². The third-order valence-corrected chi connectivity index (χ3v) is 6.95. The third-order valence-electron chi connectivity index (χ3n) is 6.95. The molecule has 0 bridgehead atoms. The molecule has 0 radical (unpaired) electrons. The van der Waals surface area contributed by atoms with Gasteiger partial charge in [0.25, 0.3) is 5.91 Å². The molecule has 2 aromatic carbocycles. The number of nitrogen functional groups attached to an aromatic ring is 1. The van der Waals surface area contributed by atoms with Crippen LogP contribution in [0.2, 0.25) is 0 Å². The number of anilines is 2. The largest absolute Gasteiger partial charge is 0.495 e. The van der Waals surface area contributed by atoms with E-state index < -0.39 is 0 Å². The molecular weight excluding hydrogens is 470 g/mol. The zero-order chi connectivity index (χ0) is 25.5. The van der Waals surface area contributed by atoms with Crippen LogP contribution in [0.15, 0.2) is 53.2 Å². The number of carbonyl (C=O) groups excluding carboxylic acids is 1. The van der Waals surface area contributed by atoms with Gasteiger partial charge in [-0.2, -0.15) is 5.10 Å². The molecule has 1 aliphatic rings. The Balaban J connectivity index is 1.37. The summed E-state index contributed by atoms with van der Waals surface area (Å²) in [6.07, 6.45) is 3.38. The Kier molecular flexibility index (Phi) is 5.72. The highest BCUT2D eigenvalue weighted by Gasteiger charge is 2.25. The number of furan rings is 1. The number of hydrogen-bond donors (Lipinski definition) is 3. The van der Waals surface area contributed by atoms with Crippen molar-refractivity contribution in [1.29, 1.82) is 0 Å². The van der Waals surface area contributed by atoms with Crippen LogP contribution in [0.3, 0.4) is 0 Å².